The Kier molecular flexibility index (Phi) is 4.70. The molecule has 0 aliphatic carbocycles. The molecule has 4 nitrogen and oxygen atoms in total. The lowest BCUT2D eigenvalue weighted by Crippen LogP contribution is -2.17. The van der Waals surface area contributed by atoms with Gasteiger partial charge in [0.1, 0.15) is 5.75 Å². The molecule has 2 aromatic rings. The van der Waals surface area contributed by atoms with E-state index < -0.39 is 0 Å². The van der Waals surface area contributed by atoms with E-state index in [4.69, 9.17) is 5.73 Å². The average Bonchev–Trinajstić information content (AvgIpc) is 2.45. The zero-order chi connectivity index (χ0) is 18.1. The summed E-state index contributed by atoms with van der Waals surface area (Å²) in [6, 6.07) is 5.83. The van der Waals surface area contributed by atoms with Crippen LogP contribution < -0.4 is 5.73 Å². The number of nitrogen functional groups attached to an aromatic ring is 1. The molecule has 1 heterocycles. The van der Waals surface area contributed by atoms with E-state index >= 15 is 0 Å². The van der Waals surface area contributed by atoms with Gasteiger partial charge in [0.05, 0.1) is 17.6 Å². The van der Waals surface area contributed by atoms with E-state index in [-0.39, 0.29) is 16.6 Å². The van der Waals surface area contributed by atoms with Gasteiger partial charge in [0, 0.05) is 23.5 Å². The lowest BCUT2D eigenvalue weighted by atomic mass is 9.79. The van der Waals surface area contributed by atoms with Crippen molar-refractivity contribution < 1.29 is 5.11 Å². The molecular formula is C20H27N3O. The number of hydrogen-bond donors (Lipinski definition) is 2. The molecule has 3 N–H and O–H groups in total. The predicted octanol–water partition coefficient (Wildman–Crippen LogP) is 4.72. The van der Waals surface area contributed by atoms with Gasteiger partial charge >= 0.3 is 0 Å². The number of nitrogens with two attached hydrogens (primary N) is 1. The molecule has 1 aromatic heterocycles. The van der Waals surface area contributed by atoms with Gasteiger partial charge in [-0.15, -0.1) is 0 Å². The number of aromatic hydroxyl groups is 1. The average molecular weight is 325 g/mol. The minimum Gasteiger partial charge on any atom is -0.507 e. The van der Waals surface area contributed by atoms with Crippen molar-refractivity contribution >= 4 is 17.6 Å². The normalized spacial score (nSPS) is 12.8. The first kappa shape index (κ1) is 18.0. The van der Waals surface area contributed by atoms with Gasteiger partial charge in [-0.2, -0.15) is 0 Å². The summed E-state index contributed by atoms with van der Waals surface area (Å²) in [5, 5.41) is 10.7. The van der Waals surface area contributed by atoms with Crippen molar-refractivity contribution in [3.8, 4) is 5.75 Å². The molecule has 1 aromatic carbocycles. The summed E-state index contributed by atoms with van der Waals surface area (Å²) in [7, 11) is 0. The monoisotopic (exact) mass is 325 g/mol. The molecule has 4 heteroatoms. The van der Waals surface area contributed by atoms with Gasteiger partial charge in [0.25, 0.3) is 0 Å². The van der Waals surface area contributed by atoms with Crippen molar-refractivity contribution in [3.05, 3.63) is 47.3 Å². The van der Waals surface area contributed by atoms with Crippen molar-refractivity contribution in [1.82, 2.24) is 4.98 Å². The highest BCUT2D eigenvalue weighted by Crippen LogP contribution is 2.37. The molecule has 0 fully saturated rings. The molecule has 0 amide bonds. The molecule has 0 saturated carbocycles. The Labute approximate surface area is 144 Å². The SMILES string of the molecule is CC(C)(C)c1cc(C=Nc2ccncc2N)c(O)c(C(C)(C)C)c1. The van der Waals surface area contributed by atoms with E-state index in [0.717, 1.165) is 11.1 Å². The number of aliphatic imine (C=N–C) groups is 1. The van der Waals surface area contributed by atoms with Crippen LogP contribution in [0.2, 0.25) is 0 Å². The Bertz CT molecular complexity index is 765. The summed E-state index contributed by atoms with van der Waals surface area (Å²) in [5.41, 5.74) is 9.62. The van der Waals surface area contributed by atoms with E-state index in [9.17, 15) is 5.11 Å². The molecule has 128 valence electrons. The van der Waals surface area contributed by atoms with E-state index in [1.54, 1.807) is 24.7 Å². The molecule has 0 radical (unpaired) electrons. The first-order chi connectivity index (χ1) is 11.0. The number of nitrogens with zero attached hydrogens (tertiary/aromatic N) is 2. The molecule has 0 bridgehead atoms. The highest BCUT2D eigenvalue weighted by Gasteiger charge is 2.24. The third-order valence-corrected chi connectivity index (χ3v) is 3.98. The van der Waals surface area contributed by atoms with Crippen LogP contribution >= 0.6 is 0 Å². The summed E-state index contributed by atoms with van der Waals surface area (Å²) in [6.45, 7) is 12.8. The van der Waals surface area contributed by atoms with Crippen LogP contribution in [0.3, 0.4) is 0 Å². The largest absolute Gasteiger partial charge is 0.507 e. The van der Waals surface area contributed by atoms with Crippen LogP contribution in [-0.4, -0.2) is 16.3 Å². The van der Waals surface area contributed by atoms with Crippen LogP contribution in [0.4, 0.5) is 11.4 Å². The van der Waals surface area contributed by atoms with E-state index in [0.29, 0.717) is 16.9 Å². The van der Waals surface area contributed by atoms with E-state index in [1.165, 1.54) is 0 Å². The second-order valence-corrected chi connectivity index (χ2v) is 8.15. The molecule has 0 saturated heterocycles. The molecule has 2 rings (SSSR count). The summed E-state index contributed by atoms with van der Waals surface area (Å²) < 4.78 is 0. The van der Waals surface area contributed by atoms with E-state index in [2.05, 4.69) is 57.6 Å². The number of aromatic nitrogens is 1. The Morgan fingerprint density at radius 3 is 2.29 bits per heavy atom. The Morgan fingerprint density at radius 1 is 1.08 bits per heavy atom. The zero-order valence-corrected chi connectivity index (χ0v) is 15.4. The van der Waals surface area contributed by atoms with Crippen LogP contribution in [-0.2, 0) is 10.8 Å². The highest BCUT2D eigenvalue weighted by molar-refractivity contribution is 5.87. The van der Waals surface area contributed by atoms with Gasteiger partial charge < -0.3 is 10.8 Å². The zero-order valence-electron chi connectivity index (χ0n) is 15.4. The second kappa shape index (κ2) is 6.27. The number of hydrogen-bond acceptors (Lipinski definition) is 4. The van der Waals surface area contributed by atoms with Gasteiger partial charge in [-0.1, -0.05) is 47.6 Å². The number of rotatable bonds is 2. The fourth-order valence-corrected chi connectivity index (χ4v) is 2.42. The maximum atomic E-state index is 10.7. The van der Waals surface area contributed by atoms with Crippen LogP contribution in [0.1, 0.15) is 58.2 Å². The molecule has 0 aliphatic heterocycles. The molecule has 0 aliphatic rings. The Hall–Kier alpha value is -2.36. The van der Waals surface area contributed by atoms with Crippen LogP contribution in [0.5, 0.6) is 5.75 Å². The third kappa shape index (κ3) is 3.94. The van der Waals surface area contributed by atoms with Gasteiger partial charge in [0.2, 0.25) is 0 Å². The summed E-state index contributed by atoms with van der Waals surface area (Å²) >= 11 is 0. The maximum absolute atomic E-state index is 10.7. The van der Waals surface area contributed by atoms with Gasteiger partial charge in [-0.3, -0.25) is 9.98 Å². The van der Waals surface area contributed by atoms with Crippen molar-refractivity contribution in [1.29, 1.82) is 0 Å². The summed E-state index contributed by atoms with van der Waals surface area (Å²) in [5.74, 6) is 0.270. The summed E-state index contributed by atoms with van der Waals surface area (Å²) in [6.07, 6.45) is 4.89. The lowest BCUT2D eigenvalue weighted by molar-refractivity contribution is 0.444. The number of benzene rings is 1. The molecular weight excluding hydrogens is 298 g/mol. The Morgan fingerprint density at radius 2 is 1.75 bits per heavy atom. The first-order valence-corrected chi connectivity index (χ1v) is 8.11. The summed E-state index contributed by atoms with van der Waals surface area (Å²) in [4.78, 5) is 8.40. The smallest absolute Gasteiger partial charge is 0.128 e. The van der Waals surface area contributed by atoms with Gasteiger partial charge in [0.15, 0.2) is 0 Å². The van der Waals surface area contributed by atoms with E-state index in [1.807, 2.05) is 6.07 Å². The molecule has 0 atom stereocenters. The minimum atomic E-state index is -0.163. The highest BCUT2D eigenvalue weighted by atomic mass is 16.3. The molecule has 24 heavy (non-hydrogen) atoms. The standard InChI is InChI=1S/C20H27N3O/c1-19(2,3)14-9-13(18(24)15(10-14)20(4,5)6)11-23-17-7-8-22-12-16(17)21/h7-12,24H,21H2,1-6H3. The van der Waals surface area contributed by atoms with Crippen molar-refractivity contribution in [3.63, 3.8) is 0 Å². The number of phenols is 1. The minimum absolute atomic E-state index is 0.0218. The van der Waals surface area contributed by atoms with Crippen LogP contribution in [0.15, 0.2) is 35.6 Å². The van der Waals surface area contributed by atoms with Crippen molar-refractivity contribution in [2.24, 2.45) is 4.99 Å². The lowest BCUT2D eigenvalue weighted by Gasteiger charge is -2.27. The molecule has 0 spiro atoms. The Balaban J connectivity index is 2.59. The van der Waals surface area contributed by atoms with Gasteiger partial charge in [-0.25, -0.2) is 0 Å². The predicted molar refractivity (Wildman–Crippen MR) is 101 cm³/mol. The number of phenolic OH excluding ortho intramolecular Hbond substituents is 1. The van der Waals surface area contributed by atoms with Gasteiger partial charge in [-0.05, 0) is 28.5 Å². The number of pyridine rings is 1. The quantitative estimate of drug-likeness (QED) is 0.785. The second-order valence-electron chi connectivity index (χ2n) is 8.15. The maximum Gasteiger partial charge on any atom is 0.128 e. The van der Waals surface area contributed by atoms with Crippen LogP contribution in [0.25, 0.3) is 0 Å². The molecule has 0 unspecified atom stereocenters. The third-order valence-electron chi connectivity index (χ3n) is 3.98. The topological polar surface area (TPSA) is 71.5 Å². The van der Waals surface area contributed by atoms with Crippen LogP contribution in [0, 0.1) is 0 Å². The fourth-order valence-electron chi connectivity index (χ4n) is 2.42. The first-order valence-electron chi connectivity index (χ1n) is 8.11. The fraction of sp³-hybridized carbons (Fsp3) is 0.400. The van der Waals surface area contributed by atoms with Crippen molar-refractivity contribution in [2.75, 3.05) is 5.73 Å². The van der Waals surface area contributed by atoms with Crippen molar-refractivity contribution in [2.45, 2.75) is 52.4 Å². The number of anilines is 1.